The van der Waals surface area contributed by atoms with Gasteiger partial charge in [-0.1, -0.05) is 97.9 Å². The molecule has 0 N–H and O–H groups in total. The number of benzene rings is 4. The van der Waals surface area contributed by atoms with Crippen molar-refractivity contribution in [3.05, 3.63) is 127 Å². The van der Waals surface area contributed by atoms with Gasteiger partial charge in [-0.3, -0.25) is 4.90 Å². The molecular formula is C37H34N4. The van der Waals surface area contributed by atoms with Crippen LogP contribution in [0.3, 0.4) is 0 Å². The predicted molar refractivity (Wildman–Crippen MR) is 169 cm³/mol. The molecule has 1 unspecified atom stereocenters. The molecule has 4 heteroatoms. The number of nitrogens with zero attached hydrogens (tertiary/aromatic N) is 4. The lowest BCUT2D eigenvalue weighted by atomic mass is 9.98. The van der Waals surface area contributed by atoms with Crippen LogP contribution in [0.1, 0.15) is 37.6 Å². The van der Waals surface area contributed by atoms with Crippen LogP contribution in [0.2, 0.25) is 0 Å². The van der Waals surface area contributed by atoms with Crippen LogP contribution < -0.4 is 0 Å². The molecule has 0 fully saturated rings. The van der Waals surface area contributed by atoms with Gasteiger partial charge >= 0.3 is 0 Å². The van der Waals surface area contributed by atoms with Crippen molar-refractivity contribution in [2.45, 2.75) is 32.7 Å². The van der Waals surface area contributed by atoms with Gasteiger partial charge in [-0.2, -0.15) is 0 Å². The second-order valence-corrected chi connectivity index (χ2v) is 10.9. The highest BCUT2D eigenvalue weighted by molar-refractivity contribution is 5.88. The van der Waals surface area contributed by atoms with E-state index in [4.69, 9.17) is 9.97 Å². The molecule has 0 aliphatic carbocycles. The summed E-state index contributed by atoms with van der Waals surface area (Å²) in [5, 5.41) is 1.37. The summed E-state index contributed by atoms with van der Waals surface area (Å²) in [5.74, 6) is 0.736. The number of rotatable bonds is 6. The first-order valence-electron chi connectivity index (χ1n) is 14.7. The normalized spacial score (nSPS) is 15.2. The van der Waals surface area contributed by atoms with Gasteiger partial charge in [0.2, 0.25) is 0 Å². The lowest BCUT2D eigenvalue weighted by molar-refractivity contribution is 0.194. The minimum Gasteiger partial charge on any atom is -0.312 e. The van der Waals surface area contributed by atoms with Gasteiger partial charge in [-0.05, 0) is 56.1 Å². The largest absolute Gasteiger partial charge is 0.312 e. The summed E-state index contributed by atoms with van der Waals surface area (Å²) in [6, 6.07) is 40.9. The molecule has 0 spiro atoms. The first kappa shape index (κ1) is 25.4. The fourth-order valence-electron chi connectivity index (χ4n) is 6.39. The Bertz CT molecular complexity index is 1760. The Morgan fingerprint density at radius 2 is 1.37 bits per heavy atom. The molecule has 202 valence electrons. The summed E-state index contributed by atoms with van der Waals surface area (Å²) in [6.07, 6.45) is 2.25. The Labute approximate surface area is 242 Å². The van der Waals surface area contributed by atoms with Crippen molar-refractivity contribution < 1.29 is 0 Å². The lowest BCUT2D eigenvalue weighted by Crippen LogP contribution is -2.35. The Hall–Kier alpha value is -4.54. The monoisotopic (exact) mass is 534 g/mol. The first-order chi connectivity index (χ1) is 20.2. The fraction of sp³-hybridized carbons (Fsp3) is 0.189. The van der Waals surface area contributed by atoms with Crippen LogP contribution in [-0.4, -0.2) is 32.5 Å². The summed E-state index contributed by atoms with van der Waals surface area (Å²) in [5.41, 5.74) is 10.4. The van der Waals surface area contributed by atoms with E-state index >= 15 is 0 Å². The van der Waals surface area contributed by atoms with Crippen LogP contribution in [0.15, 0.2) is 115 Å². The van der Waals surface area contributed by atoms with E-state index in [0.29, 0.717) is 6.04 Å². The molecule has 4 aromatic carbocycles. The second-order valence-electron chi connectivity index (χ2n) is 10.9. The smallest absolute Gasteiger partial charge is 0.160 e. The van der Waals surface area contributed by atoms with Gasteiger partial charge in [0.25, 0.3) is 0 Å². The van der Waals surface area contributed by atoms with Crippen molar-refractivity contribution in [3.63, 3.8) is 0 Å². The van der Waals surface area contributed by atoms with E-state index < -0.39 is 0 Å². The Kier molecular flexibility index (Phi) is 6.69. The number of aromatic nitrogens is 3. The molecule has 2 aromatic heterocycles. The third kappa shape index (κ3) is 4.64. The van der Waals surface area contributed by atoms with E-state index in [1.165, 1.54) is 27.8 Å². The predicted octanol–water partition coefficient (Wildman–Crippen LogP) is 8.75. The molecule has 4 nitrogen and oxygen atoms in total. The molecule has 3 heterocycles. The van der Waals surface area contributed by atoms with Gasteiger partial charge in [0.1, 0.15) is 0 Å². The fourth-order valence-corrected chi connectivity index (χ4v) is 6.39. The van der Waals surface area contributed by atoms with Crippen LogP contribution in [0.5, 0.6) is 0 Å². The van der Waals surface area contributed by atoms with E-state index in [1.54, 1.807) is 0 Å². The highest BCUT2D eigenvalue weighted by Crippen LogP contribution is 2.39. The maximum Gasteiger partial charge on any atom is 0.160 e. The zero-order valence-corrected chi connectivity index (χ0v) is 23.7. The van der Waals surface area contributed by atoms with Gasteiger partial charge in [-0.25, -0.2) is 9.97 Å². The molecule has 0 bridgehead atoms. The van der Waals surface area contributed by atoms with Gasteiger partial charge in [0, 0.05) is 46.0 Å². The Balaban J connectivity index is 1.40. The van der Waals surface area contributed by atoms with E-state index in [9.17, 15) is 0 Å². The molecule has 0 radical (unpaired) electrons. The molecule has 7 rings (SSSR count). The highest BCUT2D eigenvalue weighted by atomic mass is 15.2. The highest BCUT2D eigenvalue weighted by Gasteiger charge is 2.30. The summed E-state index contributed by atoms with van der Waals surface area (Å²) in [7, 11) is 0. The summed E-state index contributed by atoms with van der Waals surface area (Å²) in [6.45, 7) is 6.88. The lowest BCUT2D eigenvalue weighted by Gasteiger charge is -2.34. The third-order valence-electron chi connectivity index (χ3n) is 8.35. The van der Waals surface area contributed by atoms with Crippen molar-refractivity contribution in [2.75, 3.05) is 13.1 Å². The van der Waals surface area contributed by atoms with Crippen molar-refractivity contribution in [3.8, 4) is 39.6 Å². The maximum absolute atomic E-state index is 5.09. The minimum absolute atomic E-state index is 0.350. The summed E-state index contributed by atoms with van der Waals surface area (Å²) < 4.78 is 2.50. The standard InChI is InChI=1S/C37H34N4/c1-3-22-40-23-21-32-31-19-10-11-20-35(31)41(36(32)26(40)2)30-18-12-17-29(24-30)34-25-33(27-13-6-4-7-14-27)38-37(39-34)28-15-8-5-9-16-28/h4-20,24-26H,3,21-23H2,1-2H3. The molecule has 0 saturated carbocycles. The molecule has 1 atom stereocenters. The molecule has 0 amide bonds. The summed E-state index contributed by atoms with van der Waals surface area (Å²) >= 11 is 0. The van der Waals surface area contributed by atoms with Gasteiger partial charge in [-0.15, -0.1) is 0 Å². The zero-order valence-electron chi connectivity index (χ0n) is 23.7. The number of fused-ring (bicyclic) bond motifs is 3. The maximum atomic E-state index is 5.09. The van der Waals surface area contributed by atoms with Crippen molar-refractivity contribution in [1.29, 1.82) is 0 Å². The van der Waals surface area contributed by atoms with Gasteiger partial charge < -0.3 is 4.57 Å². The molecule has 6 aromatic rings. The van der Waals surface area contributed by atoms with E-state index in [1.807, 2.05) is 24.3 Å². The Morgan fingerprint density at radius 1 is 0.707 bits per heavy atom. The van der Waals surface area contributed by atoms with Crippen molar-refractivity contribution >= 4 is 10.9 Å². The number of hydrogen-bond donors (Lipinski definition) is 0. The number of hydrogen-bond acceptors (Lipinski definition) is 3. The average molecular weight is 535 g/mol. The van der Waals surface area contributed by atoms with Crippen LogP contribution in [0.25, 0.3) is 50.5 Å². The molecule has 1 aliphatic rings. The number of para-hydroxylation sites is 1. The van der Waals surface area contributed by atoms with Crippen LogP contribution in [-0.2, 0) is 6.42 Å². The third-order valence-corrected chi connectivity index (χ3v) is 8.35. The van der Waals surface area contributed by atoms with Crippen molar-refractivity contribution in [2.24, 2.45) is 0 Å². The molecular weight excluding hydrogens is 500 g/mol. The van der Waals surface area contributed by atoms with Crippen LogP contribution in [0, 0.1) is 0 Å². The van der Waals surface area contributed by atoms with Gasteiger partial charge in [0.05, 0.1) is 16.9 Å². The van der Waals surface area contributed by atoms with E-state index in [-0.39, 0.29) is 0 Å². The zero-order chi connectivity index (χ0) is 27.8. The van der Waals surface area contributed by atoms with E-state index in [2.05, 4.69) is 114 Å². The average Bonchev–Trinajstić information content (AvgIpc) is 3.38. The molecule has 1 aliphatic heterocycles. The van der Waals surface area contributed by atoms with Gasteiger partial charge in [0.15, 0.2) is 5.82 Å². The SMILES string of the molecule is CCCN1CCc2c(n(-c3cccc(-c4cc(-c5ccccc5)nc(-c5ccccc5)n4)c3)c3ccccc23)C1C. The minimum atomic E-state index is 0.350. The topological polar surface area (TPSA) is 34.0 Å². The van der Waals surface area contributed by atoms with Crippen molar-refractivity contribution in [1.82, 2.24) is 19.4 Å². The first-order valence-corrected chi connectivity index (χ1v) is 14.7. The van der Waals surface area contributed by atoms with Crippen LogP contribution >= 0.6 is 0 Å². The Morgan fingerprint density at radius 3 is 2.12 bits per heavy atom. The van der Waals surface area contributed by atoms with Crippen LogP contribution in [0.4, 0.5) is 0 Å². The molecule has 0 saturated heterocycles. The molecule has 41 heavy (non-hydrogen) atoms. The summed E-state index contributed by atoms with van der Waals surface area (Å²) in [4.78, 5) is 12.7. The second kappa shape index (κ2) is 10.8. The van der Waals surface area contributed by atoms with E-state index in [0.717, 1.165) is 59.8 Å². The quantitative estimate of drug-likeness (QED) is 0.214.